The van der Waals surface area contributed by atoms with Crippen LogP contribution in [0.25, 0.3) is 0 Å². The molecule has 0 aliphatic carbocycles. The van der Waals surface area contributed by atoms with E-state index in [9.17, 15) is 14.0 Å². The molecule has 0 radical (unpaired) electrons. The fourth-order valence-electron chi connectivity index (χ4n) is 2.50. The summed E-state index contributed by atoms with van der Waals surface area (Å²) < 4.78 is 20.0. The van der Waals surface area contributed by atoms with Crippen molar-refractivity contribution in [1.29, 1.82) is 0 Å². The third-order valence-electron chi connectivity index (χ3n) is 4.01. The summed E-state index contributed by atoms with van der Waals surface area (Å²) in [5.74, 6) is -0.663. The number of rotatable bonds is 8. The number of carbonyl (C=O) groups excluding carboxylic acids is 2. The molecule has 2 N–H and O–H groups in total. The quantitative estimate of drug-likeness (QED) is 0.411. The van der Waals surface area contributed by atoms with Gasteiger partial charge in [-0.05, 0) is 54.9 Å². The molecule has 2 aromatic rings. The molecule has 0 aromatic heterocycles. The Morgan fingerprint density at radius 2 is 2.04 bits per heavy atom. The molecule has 0 saturated heterocycles. The summed E-state index contributed by atoms with van der Waals surface area (Å²) >= 11 is 0. The lowest BCUT2D eigenvalue weighted by Gasteiger charge is -2.15. The standard InChI is InChI=1S/C22H23FN2O3/c1-4-16-8-9-18(22(27)25-17(11-13-26)10-12-24-3)20(14-16)28-21-15(2)6-5-7-19(21)23/h5-14,24H,4H2,1-3H3,(H,25,27)/b12-10-,17-11+. The highest BCUT2D eigenvalue weighted by molar-refractivity contribution is 5.98. The predicted molar refractivity (Wildman–Crippen MR) is 107 cm³/mol. The molecule has 2 aromatic carbocycles. The fourth-order valence-corrected chi connectivity index (χ4v) is 2.50. The first-order valence-electron chi connectivity index (χ1n) is 8.86. The Labute approximate surface area is 163 Å². The lowest BCUT2D eigenvalue weighted by Crippen LogP contribution is -2.23. The first-order chi connectivity index (χ1) is 13.5. The van der Waals surface area contributed by atoms with Gasteiger partial charge < -0.3 is 15.4 Å². The van der Waals surface area contributed by atoms with Crippen molar-refractivity contribution in [2.45, 2.75) is 20.3 Å². The van der Waals surface area contributed by atoms with E-state index in [1.165, 1.54) is 12.1 Å². The van der Waals surface area contributed by atoms with Crippen molar-refractivity contribution in [2.24, 2.45) is 0 Å². The van der Waals surface area contributed by atoms with E-state index in [0.29, 0.717) is 17.5 Å². The molecule has 0 unspecified atom stereocenters. The average molecular weight is 382 g/mol. The van der Waals surface area contributed by atoms with Crippen molar-refractivity contribution in [2.75, 3.05) is 7.05 Å². The van der Waals surface area contributed by atoms with Crippen LogP contribution in [-0.2, 0) is 11.2 Å². The lowest BCUT2D eigenvalue weighted by molar-refractivity contribution is -0.104. The van der Waals surface area contributed by atoms with Gasteiger partial charge in [0.05, 0.1) is 5.56 Å². The summed E-state index contributed by atoms with van der Waals surface area (Å²) in [4.78, 5) is 23.6. The molecular weight excluding hydrogens is 359 g/mol. The highest BCUT2D eigenvalue weighted by atomic mass is 19.1. The molecule has 0 aliphatic rings. The number of carbonyl (C=O) groups is 2. The van der Waals surface area contributed by atoms with Gasteiger partial charge in [0.25, 0.3) is 5.91 Å². The number of amides is 1. The molecule has 1 amide bonds. The minimum atomic E-state index is -0.508. The zero-order valence-electron chi connectivity index (χ0n) is 16.1. The van der Waals surface area contributed by atoms with Gasteiger partial charge in [-0.3, -0.25) is 9.59 Å². The first kappa shape index (κ1) is 20.9. The van der Waals surface area contributed by atoms with Crippen LogP contribution >= 0.6 is 0 Å². The number of nitrogens with one attached hydrogen (secondary N) is 2. The maximum atomic E-state index is 14.2. The van der Waals surface area contributed by atoms with Gasteiger partial charge in [0.1, 0.15) is 12.0 Å². The molecule has 0 spiro atoms. The van der Waals surface area contributed by atoms with Crippen LogP contribution < -0.4 is 15.4 Å². The van der Waals surface area contributed by atoms with E-state index in [4.69, 9.17) is 4.74 Å². The lowest BCUT2D eigenvalue weighted by atomic mass is 10.1. The van der Waals surface area contributed by atoms with E-state index in [-0.39, 0.29) is 17.1 Å². The zero-order chi connectivity index (χ0) is 20.5. The van der Waals surface area contributed by atoms with E-state index in [0.717, 1.165) is 12.0 Å². The second kappa shape index (κ2) is 10.1. The molecule has 0 heterocycles. The van der Waals surface area contributed by atoms with Gasteiger partial charge in [0.2, 0.25) is 0 Å². The Balaban J connectivity index is 2.41. The second-order valence-electron chi connectivity index (χ2n) is 6.01. The Kier molecular flexibility index (Phi) is 7.51. The molecular formula is C22H23FN2O3. The van der Waals surface area contributed by atoms with Crippen LogP contribution in [0.15, 0.2) is 60.4 Å². The molecule has 0 fully saturated rings. The van der Waals surface area contributed by atoms with Crippen LogP contribution in [0.5, 0.6) is 11.5 Å². The largest absolute Gasteiger partial charge is 0.453 e. The zero-order valence-corrected chi connectivity index (χ0v) is 16.1. The van der Waals surface area contributed by atoms with Gasteiger partial charge in [-0.2, -0.15) is 0 Å². The van der Waals surface area contributed by atoms with Crippen molar-refractivity contribution in [3.8, 4) is 11.5 Å². The minimum absolute atomic E-state index is 0.0727. The third kappa shape index (κ3) is 5.30. The fraction of sp³-hybridized carbons (Fsp3) is 0.182. The number of halogens is 1. The van der Waals surface area contributed by atoms with Gasteiger partial charge in [-0.25, -0.2) is 4.39 Å². The Bertz CT molecular complexity index is 900. The molecule has 0 saturated carbocycles. The summed E-state index contributed by atoms with van der Waals surface area (Å²) in [6.45, 7) is 3.70. The summed E-state index contributed by atoms with van der Waals surface area (Å²) in [6.07, 6.45) is 5.67. The van der Waals surface area contributed by atoms with Gasteiger partial charge >= 0.3 is 0 Å². The monoisotopic (exact) mass is 382 g/mol. The number of hydrogen-bond donors (Lipinski definition) is 2. The number of allylic oxidation sites excluding steroid dienone is 2. The van der Waals surface area contributed by atoms with E-state index >= 15 is 0 Å². The van der Waals surface area contributed by atoms with Crippen molar-refractivity contribution in [3.05, 3.63) is 83.0 Å². The van der Waals surface area contributed by atoms with Crippen molar-refractivity contribution >= 4 is 12.2 Å². The van der Waals surface area contributed by atoms with E-state index in [1.54, 1.807) is 50.5 Å². The number of aryl methyl sites for hydroxylation is 2. The summed E-state index contributed by atoms with van der Waals surface area (Å²) in [5.41, 5.74) is 2.10. The van der Waals surface area contributed by atoms with Crippen LogP contribution in [0.3, 0.4) is 0 Å². The van der Waals surface area contributed by atoms with E-state index in [2.05, 4.69) is 10.6 Å². The van der Waals surface area contributed by atoms with Gasteiger partial charge in [-0.1, -0.05) is 25.1 Å². The van der Waals surface area contributed by atoms with Crippen molar-refractivity contribution in [3.63, 3.8) is 0 Å². The van der Waals surface area contributed by atoms with Crippen LogP contribution in [-0.4, -0.2) is 19.2 Å². The summed E-state index contributed by atoms with van der Waals surface area (Å²) in [6, 6.07) is 9.78. The molecule has 0 bridgehead atoms. The van der Waals surface area contributed by atoms with Gasteiger partial charge in [0, 0.05) is 18.8 Å². The number of hydrogen-bond acceptors (Lipinski definition) is 4. The van der Waals surface area contributed by atoms with Gasteiger partial charge in [-0.15, -0.1) is 0 Å². The summed E-state index contributed by atoms with van der Waals surface area (Å²) in [7, 11) is 1.70. The number of para-hydroxylation sites is 1. The Morgan fingerprint density at radius 1 is 1.25 bits per heavy atom. The van der Waals surface area contributed by atoms with Gasteiger partial charge in [0.15, 0.2) is 11.6 Å². The SMILES string of the molecule is CCc1ccc(C(=O)NC(/C=C\NC)=C/C=O)c(Oc2c(C)cccc2F)c1. The van der Waals surface area contributed by atoms with E-state index < -0.39 is 11.7 Å². The summed E-state index contributed by atoms with van der Waals surface area (Å²) in [5, 5.41) is 5.44. The van der Waals surface area contributed by atoms with Crippen LogP contribution in [0, 0.1) is 12.7 Å². The first-order valence-corrected chi connectivity index (χ1v) is 8.86. The molecule has 0 aliphatic heterocycles. The second-order valence-corrected chi connectivity index (χ2v) is 6.01. The Hall–Kier alpha value is -3.41. The molecule has 5 nitrogen and oxygen atoms in total. The number of aldehydes is 1. The maximum absolute atomic E-state index is 14.2. The molecule has 28 heavy (non-hydrogen) atoms. The number of benzene rings is 2. The average Bonchev–Trinajstić information content (AvgIpc) is 2.69. The molecule has 0 atom stereocenters. The smallest absolute Gasteiger partial charge is 0.259 e. The van der Waals surface area contributed by atoms with Crippen molar-refractivity contribution < 1.29 is 18.7 Å². The van der Waals surface area contributed by atoms with E-state index in [1.807, 2.05) is 13.0 Å². The maximum Gasteiger partial charge on any atom is 0.259 e. The molecule has 2 rings (SSSR count). The topological polar surface area (TPSA) is 67.4 Å². The van der Waals surface area contributed by atoms with Crippen LogP contribution in [0.2, 0.25) is 0 Å². The number of ether oxygens (including phenoxy) is 1. The Morgan fingerprint density at radius 3 is 2.68 bits per heavy atom. The van der Waals surface area contributed by atoms with Crippen molar-refractivity contribution in [1.82, 2.24) is 10.6 Å². The predicted octanol–water partition coefficient (Wildman–Crippen LogP) is 4.03. The van der Waals surface area contributed by atoms with Crippen LogP contribution in [0.4, 0.5) is 4.39 Å². The molecule has 146 valence electrons. The highest BCUT2D eigenvalue weighted by Gasteiger charge is 2.17. The molecule has 6 heteroatoms. The third-order valence-corrected chi connectivity index (χ3v) is 4.01. The highest BCUT2D eigenvalue weighted by Crippen LogP contribution is 2.31. The normalized spacial score (nSPS) is 11.4. The van der Waals surface area contributed by atoms with Crippen LogP contribution in [0.1, 0.15) is 28.4 Å². The minimum Gasteiger partial charge on any atom is -0.453 e.